The van der Waals surface area contributed by atoms with Crippen LogP contribution in [0.3, 0.4) is 0 Å². The fourth-order valence-corrected chi connectivity index (χ4v) is 2.76. The molecule has 0 unspecified atom stereocenters. The Balaban J connectivity index is 2.50. The van der Waals surface area contributed by atoms with Gasteiger partial charge in [0.25, 0.3) is 0 Å². The van der Waals surface area contributed by atoms with Crippen molar-refractivity contribution < 1.29 is 4.39 Å². The average Bonchev–Trinajstić information content (AvgIpc) is 2.59. The molecule has 0 fully saturated rings. The number of hydrogen-bond donors (Lipinski definition) is 0. The topological polar surface area (TPSA) is 12.9 Å². The Labute approximate surface area is 103 Å². The molecular formula is C12H11ClFNS. The van der Waals surface area contributed by atoms with Gasteiger partial charge in [-0.15, -0.1) is 22.9 Å². The van der Waals surface area contributed by atoms with Crippen molar-refractivity contribution in [2.45, 2.75) is 19.7 Å². The van der Waals surface area contributed by atoms with Crippen molar-refractivity contribution in [3.63, 3.8) is 0 Å². The molecule has 1 aromatic carbocycles. The van der Waals surface area contributed by atoms with E-state index >= 15 is 0 Å². The zero-order chi connectivity index (χ0) is 11.7. The number of aromatic nitrogens is 1. The smallest absolute Gasteiger partial charge is 0.133 e. The molecule has 0 bridgehead atoms. The Morgan fingerprint density at radius 1 is 1.38 bits per heavy atom. The Morgan fingerprint density at radius 3 is 2.69 bits per heavy atom. The number of alkyl halides is 1. The molecule has 84 valence electrons. The van der Waals surface area contributed by atoms with Crippen LogP contribution >= 0.6 is 22.9 Å². The number of rotatable bonds is 2. The fourth-order valence-electron chi connectivity index (χ4n) is 1.46. The lowest BCUT2D eigenvalue weighted by Gasteiger charge is -1.99. The molecule has 2 rings (SSSR count). The maximum atomic E-state index is 13.7. The molecule has 4 heteroatoms. The van der Waals surface area contributed by atoms with Gasteiger partial charge in [0.15, 0.2) is 0 Å². The molecule has 1 heterocycles. The highest BCUT2D eigenvalue weighted by atomic mass is 35.5. The minimum atomic E-state index is -0.227. The van der Waals surface area contributed by atoms with Gasteiger partial charge in [-0.2, -0.15) is 0 Å². The number of thiazole rings is 1. The number of aryl methyl sites for hydroxylation is 2. The summed E-state index contributed by atoms with van der Waals surface area (Å²) >= 11 is 7.22. The van der Waals surface area contributed by atoms with Gasteiger partial charge < -0.3 is 0 Å². The summed E-state index contributed by atoms with van der Waals surface area (Å²) in [6.45, 7) is 3.76. The van der Waals surface area contributed by atoms with E-state index in [0.29, 0.717) is 16.5 Å². The van der Waals surface area contributed by atoms with Crippen LogP contribution in [-0.2, 0) is 5.88 Å². The molecule has 0 N–H and O–H groups in total. The third-order valence-corrected chi connectivity index (χ3v) is 3.99. The van der Waals surface area contributed by atoms with Gasteiger partial charge in [-0.1, -0.05) is 6.07 Å². The van der Waals surface area contributed by atoms with Crippen LogP contribution in [0, 0.1) is 19.7 Å². The molecule has 0 amide bonds. The quantitative estimate of drug-likeness (QED) is 0.729. The molecule has 0 spiro atoms. The first-order valence-electron chi connectivity index (χ1n) is 4.90. The molecule has 16 heavy (non-hydrogen) atoms. The summed E-state index contributed by atoms with van der Waals surface area (Å²) in [6.07, 6.45) is 0. The predicted octanol–water partition coefficient (Wildman–Crippen LogP) is 4.30. The van der Waals surface area contributed by atoms with E-state index in [1.807, 2.05) is 19.9 Å². The highest BCUT2D eigenvalue weighted by molar-refractivity contribution is 7.15. The molecule has 0 atom stereocenters. The molecule has 0 aliphatic rings. The summed E-state index contributed by atoms with van der Waals surface area (Å²) < 4.78 is 13.7. The van der Waals surface area contributed by atoms with E-state index in [-0.39, 0.29) is 5.82 Å². The minimum absolute atomic E-state index is 0.227. The zero-order valence-corrected chi connectivity index (χ0v) is 10.6. The lowest BCUT2D eigenvalue weighted by atomic mass is 10.1. The first kappa shape index (κ1) is 11.6. The van der Waals surface area contributed by atoms with E-state index in [9.17, 15) is 4.39 Å². The second-order valence-corrected chi connectivity index (χ2v) is 5.00. The summed E-state index contributed by atoms with van der Waals surface area (Å²) in [7, 11) is 0. The second kappa shape index (κ2) is 4.52. The molecular weight excluding hydrogens is 245 g/mol. The largest absolute Gasteiger partial charge is 0.241 e. The molecule has 2 aromatic rings. The van der Waals surface area contributed by atoms with Crippen molar-refractivity contribution in [1.29, 1.82) is 0 Å². The highest BCUT2D eigenvalue weighted by Gasteiger charge is 2.12. The summed E-state index contributed by atoms with van der Waals surface area (Å²) in [6, 6.07) is 5.17. The van der Waals surface area contributed by atoms with Gasteiger partial charge in [-0.25, -0.2) is 9.37 Å². The number of nitrogens with zero attached hydrogens (tertiary/aromatic N) is 1. The molecule has 1 nitrogen and oxygen atoms in total. The van der Waals surface area contributed by atoms with E-state index in [0.717, 1.165) is 16.1 Å². The Kier molecular flexibility index (Phi) is 3.26. The fraction of sp³-hybridized carbons (Fsp3) is 0.250. The first-order valence-corrected chi connectivity index (χ1v) is 6.25. The lowest BCUT2D eigenvalue weighted by Crippen LogP contribution is -1.85. The molecule has 0 radical (unpaired) electrons. The van der Waals surface area contributed by atoms with Crippen molar-refractivity contribution in [1.82, 2.24) is 4.98 Å². The molecule has 0 aliphatic carbocycles. The summed E-state index contributed by atoms with van der Waals surface area (Å²) in [5, 5.41) is 0.700. The van der Waals surface area contributed by atoms with E-state index in [4.69, 9.17) is 11.6 Å². The van der Waals surface area contributed by atoms with E-state index in [1.165, 1.54) is 17.4 Å². The third-order valence-electron chi connectivity index (χ3n) is 2.37. The SMILES string of the molecule is Cc1ccc(-c2nc(C)c(CCl)s2)c(F)c1. The van der Waals surface area contributed by atoms with Gasteiger partial charge in [0.2, 0.25) is 0 Å². The van der Waals surface area contributed by atoms with Crippen LogP contribution in [0.5, 0.6) is 0 Å². The normalized spacial score (nSPS) is 10.8. The number of halogens is 2. The molecule has 0 saturated carbocycles. The van der Waals surface area contributed by atoms with Gasteiger partial charge in [0.05, 0.1) is 11.6 Å². The van der Waals surface area contributed by atoms with E-state index in [2.05, 4.69) is 4.98 Å². The number of benzene rings is 1. The molecule has 0 saturated heterocycles. The minimum Gasteiger partial charge on any atom is -0.241 e. The first-order chi connectivity index (χ1) is 7.61. The van der Waals surface area contributed by atoms with Gasteiger partial charge in [0.1, 0.15) is 10.8 Å². The summed E-state index contributed by atoms with van der Waals surface area (Å²) in [4.78, 5) is 5.33. The molecule has 0 aliphatic heterocycles. The maximum absolute atomic E-state index is 13.7. The van der Waals surface area contributed by atoms with Crippen molar-refractivity contribution in [2.75, 3.05) is 0 Å². The molecule has 1 aromatic heterocycles. The van der Waals surface area contributed by atoms with Gasteiger partial charge >= 0.3 is 0 Å². The van der Waals surface area contributed by atoms with Crippen molar-refractivity contribution >= 4 is 22.9 Å². The van der Waals surface area contributed by atoms with Gasteiger partial charge in [-0.3, -0.25) is 0 Å². The van der Waals surface area contributed by atoms with E-state index < -0.39 is 0 Å². The third kappa shape index (κ3) is 2.11. The van der Waals surface area contributed by atoms with Crippen molar-refractivity contribution in [3.8, 4) is 10.6 Å². The van der Waals surface area contributed by atoms with Crippen LogP contribution in [0.4, 0.5) is 4.39 Å². The lowest BCUT2D eigenvalue weighted by molar-refractivity contribution is 0.630. The van der Waals surface area contributed by atoms with Gasteiger partial charge in [0, 0.05) is 10.4 Å². The average molecular weight is 256 g/mol. The van der Waals surface area contributed by atoms with Crippen LogP contribution < -0.4 is 0 Å². The summed E-state index contributed by atoms with van der Waals surface area (Å²) in [5.74, 6) is 0.201. The standard InChI is InChI=1S/C12H11ClFNS/c1-7-3-4-9(10(14)5-7)12-15-8(2)11(6-13)16-12/h3-5H,6H2,1-2H3. The zero-order valence-electron chi connectivity index (χ0n) is 9.05. The van der Waals surface area contributed by atoms with Crippen LogP contribution in [0.2, 0.25) is 0 Å². The second-order valence-electron chi connectivity index (χ2n) is 3.64. The van der Waals surface area contributed by atoms with Crippen LogP contribution in [0.1, 0.15) is 16.1 Å². The number of hydrogen-bond acceptors (Lipinski definition) is 2. The van der Waals surface area contributed by atoms with E-state index in [1.54, 1.807) is 6.07 Å². The maximum Gasteiger partial charge on any atom is 0.133 e. The predicted molar refractivity (Wildman–Crippen MR) is 66.5 cm³/mol. The van der Waals surface area contributed by atoms with Crippen LogP contribution in [0.15, 0.2) is 18.2 Å². The monoisotopic (exact) mass is 255 g/mol. The Bertz CT molecular complexity index is 522. The van der Waals surface area contributed by atoms with Crippen molar-refractivity contribution in [2.24, 2.45) is 0 Å². The highest BCUT2D eigenvalue weighted by Crippen LogP contribution is 2.30. The van der Waals surface area contributed by atoms with Crippen LogP contribution in [0.25, 0.3) is 10.6 Å². The summed E-state index contributed by atoms with van der Waals surface area (Å²) in [5.41, 5.74) is 2.34. The van der Waals surface area contributed by atoms with Crippen molar-refractivity contribution in [3.05, 3.63) is 40.2 Å². The van der Waals surface area contributed by atoms with Gasteiger partial charge in [-0.05, 0) is 31.5 Å². The Morgan fingerprint density at radius 2 is 2.12 bits per heavy atom. The van der Waals surface area contributed by atoms with Crippen LogP contribution in [-0.4, -0.2) is 4.98 Å². The Hall–Kier alpha value is -0.930.